The summed E-state index contributed by atoms with van der Waals surface area (Å²) in [6.07, 6.45) is -2.99. The van der Waals surface area contributed by atoms with E-state index >= 15 is 0 Å². The van der Waals surface area contributed by atoms with Crippen LogP contribution in [0.4, 0.5) is 0 Å². The molecule has 1 heterocycles. The maximum absolute atomic E-state index is 10.4. The summed E-state index contributed by atoms with van der Waals surface area (Å²) < 4.78 is 25.8. The number of aliphatic hydroxyl groups is 3. The highest BCUT2D eigenvalue weighted by atomic mass is 32.2. The van der Waals surface area contributed by atoms with Crippen molar-refractivity contribution in [1.29, 1.82) is 0 Å². The highest BCUT2D eigenvalue weighted by Gasteiger charge is 2.37. The molecule has 84 valence electrons. The third-order valence-electron chi connectivity index (χ3n) is 2.00. The minimum atomic E-state index is -2.33. The second kappa shape index (κ2) is 5.12. The highest BCUT2D eigenvalue weighted by Crippen LogP contribution is 2.18. The lowest BCUT2D eigenvalue weighted by molar-refractivity contribution is -0.210. The van der Waals surface area contributed by atoms with Crippen molar-refractivity contribution in [3.63, 3.8) is 0 Å². The summed E-state index contributed by atoms with van der Waals surface area (Å²) in [6, 6.07) is -1.02. The van der Waals surface area contributed by atoms with Crippen molar-refractivity contribution in [2.24, 2.45) is 0 Å². The minimum Gasteiger partial charge on any atom is -0.394 e. The van der Waals surface area contributed by atoms with E-state index in [0.717, 1.165) is 0 Å². The number of rotatable bonds is 3. The average Bonchev–Trinajstić information content (AvgIpc) is 2.10. The van der Waals surface area contributed by atoms with Gasteiger partial charge in [-0.15, -0.1) is 0 Å². The first kappa shape index (κ1) is 12.0. The van der Waals surface area contributed by atoms with Crippen LogP contribution in [0.2, 0.25) is 0 Å². The van der Waals surface area contributed by atoms with Gasteiger partial charge in [-0.2, -0.15) is 0 Å². The molecular weight excluding hydrogens is 214 g/mol. The smallest absolute Gasteiger partial charge is 0.232 e. The van der Waals surface area contributed by atoms with E-state index in [1.54, 1.807) is 0 Å². The number of hydrogen-bond donors (Lipinski definition) is 5. The van der Waals surface area contributed by atoms with Crippen molar-refractivity contribution >= 4 is 11.3 Å². The molecule has 4 unspecified atom stereocenters. The molecule has 0 radical (unpaired) electrons. The van der Waals surface area contributed by atoms with Gasteiger partial charge in [0.05, 0.1) is 24.9 Å². The highest BCUT2D eigenvalue weighted by molar-refractivity contribution is 7.77. The standard InChI is InChI=1S/C6H13NO6S/c8-2-3-1-4(9)5(6(10)13-3)7-14(11)12/h3-10H,1-2H2,(H,11,12)/t3?,4-,5?,6?/m0/s1. The summed E-state index contributed by atoms with van der Waals surface area (Å²) in [5, 5.41) is 27.4. The van der Waals surface area contributed by atoms with Crippen LogP contribution in [0.1, 0.15) is 6.42 Å². The van der Waals surface area contributed by atoms with Gasteiger partial charge < -0.3 is 20.1 Å². The molecule has 0 amide bonds. The first-order valence-electron chi connectivity index (χ1n) is 4.04. The minimum absolute atomic E-state index is 0.0996. The second-order valence-corrected chi connectivity index (χ2v) is 3.76. The Bertz CT molecular complexity index is 202. The van der Waals surface area contributed by atoms with E-state index < -0.39 is 35.8 Å². The Hall–Kier alpha value is -0.0900. The zero-order chi connectivity index (χ0) is 10.7. The van der Waals surface area contributed by atoms with E-state index in [9.17, 15) is 14.4 Å². The zero-order valence-corrected chi connectivity index (χ0v) is 8.05. The van der Waals surface area contributed by atoms with Gasteiger partial charge in [-0.3, -0.25) is 4.55 Å². The maximum atomic E-state index is 10.4. The van der Waals surface area contributed by atoms with Crippen molar-refractivity contribution in [3.8, 4) is 0 Å². The predicted octanol–water partition coefficient (Wildman–Crippen LogP) is -2.46. The summed E-state index contributed by atoms with van der Waals surface area (Å²) in [4.78, 5) is 0. The molecule has 0 saturated carbocycles. The number of nitrogens with one attached hydrogen (secondary N) is 1. The van der Waals surface area contributed by atoms with Gasteiger partial charge in [-0.05, 0) is 0 Å². The molecule has 8 heteroatoms. The van der Waals surface area contributed by atoms with E-state index in [1.165, 1.54) is 0 Å². The lowest BCUT2D eigenvalue weighted by atomic mass is 10.0. The summed E-state index contributed by atoms with van der Waals surface area (Å²) in [5.41, 5.74) is 0. The third kappa shape index (κ3) is 2.95. The third-order valence-corrected chi connectivity index (χ3v) is 2.47. The van der Waals surface area contributed by atoms with Crippen LogP contribution in [0.15, 0.2) is 0 Å². The molecule has 7 nitrogen and oxygen atoms in total. The molecule has 1 aliphatic heterocycles. The van der Waals surface area contributed by atoms with E-state index in [1.807, 2.05) is 4.72 Å². The Morgan fingerprint density at radius 1 is 1.50 bits per heavy atom. The molecule has 0 bridgehead atoms. The average molecular weight is 227 g/mol. The number of ether oxygens (including phenoxy) is 1. The van der Waals surface area contributed by atoms with Gasteiger partial charge in [0.15, 0.2) is 6.29 Å². The van der Waals surface area contributed by atoms with Gasteiger partial charge in [0.1, 0.15) is 0 Å². The van der Waals surface area contributed by atoms with Crippen LogP contribution < -0.4 is 4.72 Å². The van der Waals surface area contributed by atoms with Crippen LogP contribution in [0.3, 0.4) is 0 Å². The molecule has 0 aromatic rings. The van der Waals surface area contributed by atoms with Crippen molar-refractivity contribution in [2.75, 3.05) is 6.61 Å². The fraction of sp³-hybridized carbons (Fsp3) is 1.00. The van der Waals surface area contributed by atoms with Gasteiger partial charge >= 0.3 is 0 Å². The summed E-state index contributed by atoms with van der Waals surface area (Å²) >= 11 is -2.33. The van der Waals surface area contributed by atoms with E-state index in [-0.39, 0.29) is 13.0 Å². The van der Waals surface area contributed by atoms with Crippen LogP contribution in [0.5, 0.6) is 0 Å². The molecule has 14 heavy (non-hydrogen) atoms. The lowest BCUT2D eigenvalue weighted by Gasteiger charge is -2.35. The van der Waals surface area contributed by atoms with Gasteiger partial charge in [-0.25, -0.2) is 8.93 Å². The van der Waals surface area contributed by atoms with Gasteiger partial charge in [0, 0.05) is 6.42 Å². The quantitative estimate of drug-likeness (QED) is 0.341. The molecule has 0 aromatic carbocycles. The van der Waals surface area contributed by atoms with Crippen molar-refractivity contribution in [3.05, 3.63) is 0 Å². The lowest BCUT2D eigenvalue weighted by Crippen LogP contribution is -2.56. The number of hydrogen-bond acceptors (Lipinski definition) is 5. The van der Waals surface area contributed by atoms with E-state index in [0.29, 0.717) is 0 Å². The fourth-order valence-corrected chi connectivity index (χ4v) is 1.82. The molecule has 1 fully saturated rings. The monoisotopic (exact) mass is 227 g/mol. The van der Waals surface area contributed by atoms with Crippen LogP contribution in [-0.4, -0.2) is 55.2 Å². The van der Waals surface area contributed by atoms with Crippen LogP contribution >= 0.6 is 0 Å². The summed E-state index contributed by atoms with van der Waals surface area (Å²) in [6.45, 7) is -0.316. The molecule has 0 spiro atoms. The normalized spacial score (nSPS) is 40.9. The molecule has 0 aromatic heterocycles. The molecule has 5 N–H and O–H groups in total. The Kier molecular flexibility index (Phi) is 4.38. The maximum Gasteiger partial charge on any atom is 0.232 e. The molecular formula is C6H13NO6S. The number of aliphatic hydroxyl groups excluding tert-OH is 3. The van der Waals surface area contributed by atoms with Crippen LogP contribution in [0, 0.1) is 0 Å². The molecule has 1 rings (SSSR count). The Labute approximate surface area is 83.1 Å². The van der Waals surface area contributed by atoms with Crippen LogP contribution in [0.25, 0.3) is 0 Å². The molecule has 1 aliphatic rings. The summed E-state index contributed by atoms with van der Waals surface area (Å²) in [5.74, 6) is 0. The van der Waals surface area contributed by atoms with E-state index in [4.69, 9.17) is 14.4 Å². The van der Waals surface area contributed by atoms with Crippen molar-refractivity contribution < 1.29 is 28.8 Å². The SMILES string of the molecule is O=S(O)NC1C(O)OC(CO)C[C@@H]1O. The Morgan fingerprint density at radius 2 is 2.14 bits per heavy atom. The van der Waals surface area contributed by atoms with Gasteiger partial charge in [0.2, 0.25) is 11.3 Å². The zero-order valence-electron chi connectivity index (χ0n) is 7.24. The van der Waals surface area contributed by atoms with E-state index in [2.05, 4.69) is 0 Å². The second-order valence-electron chi connectivity index (χ2n) is 3.03. The molecule has 0 aliphatic carbocycles. The Morgan fingerprint density at radius 3 is 2.57 bits per heavy atom. The van der Waals surface area contributed by atoms with Crippen molar-refractivity contribution in [1.82, 2.24) is 4.72 Å². The fourth-order valence-electron chi connectivity index (χ4n) is 1.31. The first-order valence-corrected chi connectivity index (χ1v) is 5.14. The topological polar surface area (TPSA) is 119 Å². The molecule has 1 saturated heterocycles. The predicted molar refractivity (Wildman–Crippen MR) is 46.3 cm³/mol. The Balaban J connectivity index is 2.55. The van der Waals surface area contributed by atoms with Gasteiger partial charge in [-0.1, -0.05) is 0 Å². The van der Waals surface area contributed by atoms with Crippen LogP contribution in [-0.2, 0) is 16.0 Å². The first-order chi connectivity index (χ1) is 6.54. The molecule has 5 atom stereocenters. The van der Waals surface area contributed by atoms with Gasteiger partial charge in [0.25, 0.3) is 0 Å². The summed E-state index contributed by atoms with van der Waals surface area (Å²) in [7, 11) is 0. The largest absolute Gasteiger partial charge is 0.394 e. The van der Waals surface area contributed by atoms with Crippen molar-refractivity contribution in [2.45, 2.75) is 31.0 Å².